The lowest BCUT2D eigenvalue weighted by Crippen LogP contribution is -2.45. The van der Waals surface area contributed by atoms with Gasteiger partial charge in [0.15, 0.2) is 5.78 Å². The number of piperazine rings is 1. The largest absolute Gasteiger partial charge is 0.496 e. The van der Waals surface area contributed by atoms with E-state index >= 15 is 0 Å². The number of ether oxygens (including phenoxy) is 2. The quantitative estimate of drug-likeness (QED) is 0.138. The summed E-state index contributed by atoms with van der Waals surface area (Å²) in [5.41, 5.74) is 2.11. The molecule has 14 nitrogen and oxygen atoms in total. The molecule has 14 heteroatoms. The number of hydrogen-bond acceptors (Lipinski definition) is 10. The third-order valence-corrected chi connectivity index (χ3v) is 6.12. The minimum atomic E-state index is -1.26. The third-order valence-electron chi connectivity index (χ3n) is 6.12. The monoisotopic (exact) mass is 666 g/mol. The fourth-order valence-electron chi connectivity index (χ4n) is 3.69. The Balaban J connectivity index is 0.000000594. The number of aliphatic carboxylic acids is 4. The molecule has 0 unspecified atom stereocenters. The van der Waals surface area contributed by atoms with Crippen molar-refractivity contribution in [2.24, 2.45) is 0 Å². The van der Waals surface area contributed by atoms with Gasteiger partial charge in [0, 0.05) is 74.2 Å². The van der Waals surface area contributed by atoms with Crippen molar-refractivity contribution in [1.82, 2.24) is 9.80 Å². The Morgan fingerprint density at radius 2 is 1.25 bits per heavy atom. The molecule has 2 aromatic rings. The fourth-order valence-corrected chi connectivity index (χ4v) is 3.69. The molecule has 2 aromatic carbocycles. The van der Waals surface area contributed by atoms with Crippen LogP contribution in [0, 0.1) is 0 Å². The molecular formula is C34H38N2O12. The first-order valence-electron chi connectivity index (χ1n) is 14.3. The minimum Gasteiger partial charge on any atom is -0.496 e. The van der Waals surface area contributed by atoms with Crippen molar-refractivity contribution >= 4 is 47.8 Å². The number of hydrogen-bond donors (Lipinski definition) is 4. The number of benzene rings is 2. The fraction of sp³-hybridized carbons (Fsp3) is 0.235. The number of esters is 1. The van der Waals surface area contributed by atoms with E-state index < -0.39 is 29.8 Å². The predicted octanol–water partition coefficient (Wildman–Crippen LogP) is 2.82. The molecule has 1 fully saturated rings. The van der Waals surface area contributed by atoms with Crippen LogP contribution in [0.4, 0.5) is 0 Å². The summed E-state index contributed by atoms with van der Waals surface area (Å²) in [6.45, 7) is 5.12. The summed E-state index contributed by atoms with van der Waals surface area (Å²) in [5, 5.41) is 31.2. The summed E-state index contributed by atoms with van der Waals surface area (Å²) < 4.78 is 10.7. The van der Waals surface area contributed by atoms with Crippen molar-refractivity contribution in [1.29, 1.82) is 0 Å². The van der Waals surface area contributed by atoms with Gasteiger partial charge in [0.05, 0.1) is 7.11 Å². The van der Waals surface area contributed by atoms with Gasteiger partial charge < -0.3 is 34.8 Å². The molecule has 0 amide bonds. The normalized spacial score (nSPS) is 13.4. The number of nitrogens with zero attached hydrogens (tertiary/aromatic N) is 2. The first kappa shape index (κ1) is 40.2. The number of carboxylic acids is 4. The van der Waals surface area contributed by atoms with Crippen LogP contribution in [-0.4, -0.2) is 119 Å². The molecule has 1 saturated heterocycles. The Hall–Kier alpha value is -5.86. The van der Waals surface area contributed by atoms with E-state index in [0.29, 0.717) is 47.8 Å². The number of ketones is 1. The number of carbonyl (C=O) groups excluding carboxylic acids is 2. The second kappa shape index (κ2) is 22.6. The molecule has 0 spiro atoms. The first-order chi connectivity index (χ1) is 22.8. The van der Waals surface area contributed by atoms with Crippen molar-refractivity contribution in [3.8, 4) is 5.75 Å². The number of rotatable bonds is 13. The Bertz CT molecular complexity index is 1440. The smallest absolute Gasteiger partial charge is 0.330 e. The van der Waals surface area contributed by atoms with Crippen LogP contribution >= 0.6 is 0 Å². The lowest BCUT2D eigenvalue weighted by Gasteiger charge is -2.31. The van der Waals surface area contributed by atoms with Crippen molar-refractivity contribution in [3.05, 3.63) is 102 Å². The van der Waals surface area contributed by atoms with Crippen LogP contribution < -0.4 is 4.74 Å². The van der Waals surface area contributed by atoms with Crippen LogP contribution in [0.15, 0.2) is 85.0 Å². The molecule has 4 N–H and O–H groups in total. The summed E-state index contributed by atoms with van der Waals surface area (Å²) >= 11 is 0. The van der Waals surface area contributed by atoms with E-state index in [1.165, 1.54) is 12.2 Å². The Morgan fingerprint density at radius 1 is 0.708 bits per heavy atom. The Kier molecular flexibility index (Phi) is 18.9. The number of allylic oxidation sites excluding steroid dienone is 1. The molecule has 3 rings (SSSR count). The summed E-state index contributed by atoms with van der Waals surface area (Å²) in [4.78, 5) is 67.5. The highest BCUT2D eigenvalue weighted by Crippen LogP contribution is 2.22. The number of carboxylic acid groups (broad SMARTS) is 4. The van der Waals surface area contributed by atoms with Crippen LogP contribution in [0.3, 0.4) is 0 Å². The highest BCUT2D eigenvalue weighted by atomic mass is 16.5. The van der Waals surface area contributed by atoms with E-state index in [0.717, 1.165) is 38.3 Å². The second-order valence-electron chi connectivity index (χ2n) is 9.73. The molecule has 1 aliphatic rings. The van der Waals surface area contributed by atoms with Crippen molar-refractivity contribution in [2.45, 2.75) is 0 Å². The summed E-state index contributed by atoms with van der Waals surface area (Å²) in [6, 6.07) is 14.8. The summed E-state index contributed by atoms with van der Waals surface area (Å²) in [5.74, 6) is -4.99. The second-order valence-corrected chi connectivity index (χ2v) is 9.73. The van der Waals surface area contributed by atoms with E-state index in [1.807, 2.05) is 30.3 Å². The lowest BCUT2D eigenvalue weighted by molar-refractivity contribution is -0.138. The van der Waals surface area contributed by atoms with Gasteiger partial charge >= 0.3 is 29.8 Å². The summed E-state index contributed by atoms with van der Waals surface area (Å²) in [6.07, 6.45) is 8.54. The molecule has 256 valence electrons. The molecule has 0 atom stereocenters. The van der Waals surface area contributed by atoms with Crippen molar-refractivity contribution < 1.29 is 58.7 Å². The first-order valence-corrected chi connectivity index (χ1v) is 14.3. The van der Waals surface area contributed by atoms with Crippen LogP contribution in [-0.2, 0) is 28.7 Å². The van der Waals surface area contributed by atoms with Crippen LogP contribution in [0.2, 0.25) is 0 Å². The van der Waals surface area contributed by atoms with Gasteiger partial charge in [0.25, 0.3) is 0 Å². The van der Waals surface area contributed by atoms with E-state index in [4.69, 9.17) is 29.9 Å². The van der Waals surface area contributed by atoms with Gasteiger partial charge in [-0.15, -0.1) is 0 Å². The van der Waals surface area contributed by atoms with E-state index in [9.17, 15) is 28.8 Å². The van der Waals surface area contributed by atoms with Crippen LogP contribution in [0.5, 0.6) is 5.75 Å². The van der Waals surface area contributed by atoms with Gasteiger partial charge in [-0.25, -0.2) is 24.0 Å². The highest BCUT2D eigenvalue weighted by molar-refractivity contribution is 6.07. The molecule has 1 aliphatic heterocycles. The SMILES string of the molecule is COc1ccc(C(=O)/C=C/c2ccccc2)cc1/C=C/C(=O)OCCN1CCN(C)CC1.O=C(O)/C=C/C(=O)O.O=C(O)/C=C/C(=O)O. The molecule has 0 aliphatic carbocycles. The highest BCUT2D eigenvalue weighted by Gasteiger charge is 2.13. The van der Waals surface area contributed by atoms with E-state index in [1.54, 1.807) is 37.5 Å². The molecule has 48 heavy (non-hydrogen) atoms. The van der Waals surface area contributed by atoms with Gasteiger partial charge in [-0.2, -0.15) is 0 Å². The van der Waals surface area contributed by atoms with Crippen LogP contribution in [0.25, 0.3) is 12.2 Å². The molecule has 0 radical (unpaired) electrons. The molecule has 0 aromatic heterocycles. The van der Waals surface area contributed by atoms with Gasteiger partial charge in [-0.05, 0) is 43.0 Å². The zero-order chi connectivity index (χ0) is 35.9. The molecular weight excluding hydrogens is 628 g/mol. The van der Waals surface area contributed by atoms with Crippen LogP contribution in [0.1, 0.15) is 21.5 Å². The third kappa shape index (κ3) is 18.8. The molecule has 0 saturated carbocycles. The minimum absolute atomic E-state index is 0.124. The lowest BCUT2D eigenvalue weighted by atomic mass is 10.0. The van der Waals surface area contributed by atoms with Crippen molar-refractivity contribution in [3.63, 3.8) is 0 Å². The zero-order valence-corrected chi connectivity index (χ0v) is 26.4. The van der Waals surface area contributed by atoms with E-state index in [-0.39, 0.29) is 5.78 Å². The molecule has 1 heterocycles. The maximum absolute atomic E-state index is 12.6. The number of carbonyl (C=O) groups is 6. The average molecular weight is 667 g/mol. The molecule has 0 bridgehead atoms. The zero-order valence-electron chi connectivity index (χ0n) is 26.4. The predicted molar refractivity (Wildman–Crippen MR) is 176 cm³/mol. The summed E-state index contributed by atoms with van der Waals surface area (Å²) in [7, 11) is 3.66. The van der Waals surface area contributed by atoms with Gasteiger partial charge in [0.2, 0.25) is 0 Å². The average Bonchev–Trinajstić information content (AvgIpc) is 3.06. The maximum Gasteiger partial charge on any atom is 0.330 e. The maximum atomic E-state index is 12.6. The Morgan fingerprint density at radius 3 is 1.75 bits per heavy atom. The topological polar surface area (TPSA) is 208 Å². The Labute approximate surface area is 277 Å². The number of methoxy groups -OCH3 is 1. The van der Waals surface area contributed by atoms with E-state index in [2.05, 4.69) is 16.8 Å². The van der Waals surface area contributed by atoms with Gasteiger partial charge in [-0.3, -0.25) is 9.69 Å². The van der Waals surface area contributed by atoms with Gasteiger partial charge in [-0.1, -0.05) is 36.4 Å². The van der Waals surface area contributed by atoms with Crippen molar-refractivity contribution in [2.75, 3.05) is 53.5 Å². The standard InChI is InChI=1S/C26H30N2O4.2C4H4O4/c1-27-14-16-28(17-15-27)18-19-32-26(30)13-10-23-20-22(9-12-25(23)31-2)24(29)11-8-21-6-4-3-5-7-21;2*5-3(6)1-2-4(7)8/h3-13,20H,14-19H2,1-2H3;2*1-2H,(H,5,6)(H,7,8)/b11-8+,13-10+;2*2-1+. The van der Waals surface area contributed by atoms with Gasteiger partial charge in [0.1, 0.15) is 12.4 Å². The number of likely N-dealkylation sites (N-methyl/N-ethyl adjacent to an activating group) is 1.